The molecule has 0 saturated carbocycles. The lowest BCUT2D eigenvalue weighted by Crippen LogP contribution is -2.38. The Labute approximate surface area is 139 Å². The zero-order valence-corrected chi connectivity index (χ0v) is 15.4. The van der Waals surface area contributed by atoms with Gasteiger partial charge in [-0.2, -0.15) is 5.10 Å². The largest absolute Gasteiger partial charge is 0.357 e. The third-order valence-electron chi connectivity index (χ3n) is 2.78. The Morgan fingerprint density at radius 3 is 2.60 bits per heavy atom. The molecule has 0 spiro atoms. The minimum Gasteiger partial charge on any atom is -0.357 e. The lowest BCUT2D eigenvalue weighted by Gasteiger charge is -2.11. The Morgan fingerprint density at radius 2 is 2.05 bits per heavy atom. The van der Waals surface area contributed by atoms with E-state index in [2.05, 4.69) is 52.2 Å². The fraction of sp³-hybridized carbons (Fsp3) is 0.714. The van der Waals surface area contributed by atoms with E-state index in [1.54, 1.807) is 0 Å². The van der Waals surface area contributed by atoms with E-state index in [0.29, 0.717) is 0 Å². The molecule has 5 nitrogen and oxygen atoms in total. The summed E-state index contributed by atoms with van der Waals surface area (Å²) in [6, 6.07) is 2.11. The number of guanidine groups is 1. The fourth-order valence-corrected chi connectivity index (χ4v) is 1.90. The fourth-order valence-electron chi connectivity index (χ4n) is 1.90. The molecule has 0 bridgehead atoms. The van der Waals surface area contributed by atoms with Crippen molar-refractivity contribution in [2.45, 2.75) is 47.1 Å². The van der Waals surface area contributed by atoms with Gasteiger partial charge in [-0.05, 0) is 39.7 Å². The van der Waals surface area contributed by atoms with Gasteiger partial charge >= 0.3 is 0 Å². The van der Waals surface area contributed by atoms with E-state index >= 15 is 0 Å². The topological polar surface area (TPSA) is 54.2 Å². The highest BCUT2D eigenvalue weighted by Gasteiger charge is 2.00. The minimum absolute atomic E-state index is 0. The van der Waals surface area contributed by atoms with Crippen molar-refractivity contribution < 1.29 is 0 Å². The molecule has 1 rings (SSSR count). The quantitative estimate of drug-likeness (QED) is 0.324. The molecular weight excluding hydrogens is 365 g/mol. The Hall–Kier alpha value is -0.790. The second kappa shape index (κ2) is 10.9. The van der Waals surface area contributed by atoms with Crippen molar-refractivity contribution in [1.82, 2.24) is 20.4 Å². The van der Waals surface area contributed by atoms with Gasteiger partial charge in [-0.1, -0.05) is 6.92 Å². The molecule has 1 heterocycles. The lowest BCUT2D eigenvalue weighted by atomic mass is 10.4. The lowest BCUT2D eigenvalue weighted by molar-refractivity contribution is 0.555. The van der Waals surface area contributed by atoms with Crippen molar-refractivity contribution >= 4 is 29.9 Å². The van der Waals surface area contributed by atoms with Gasteiger partial charge in [-0.25, -0.2) is 0 Å². The van der Waals surface area contributed by atoms with Gasteiger partial charge in [-0.3, -0.25) is 9.67 Å². The predicted molar refractivity (Wildman–Crippen MR) is 96.0 cm³/mol. The van der Waals surface area contributed by atoms with E-state index in [1.807, 2.05) is 6.92 Å². The minimum atomic E-state index is 0. The molecule has 20 heavy (non-hydrogen) atoms. The molecule has 2 N–H and O–H groups in total. The number of nitrogens with zero attached hydrogens (tertiary/aromatic N) is 3. The van der Waals surface area contributed by atoms with E-state index in [-0.39, 0.29) is 24.0 Å². The molecule has 0 fully saturated rings. The maximum absolute atomic E-state index is 4.47. The molecule has 116 valence electrons. The third kappa shape index (κ3) is 7.12. The first-order chi connectivity index (χ1) is 9.17. The molecule has 0 radical (unpaired) electrons. The first-order valence-corrected chi connectivity index (χ1v) is 7.20. The van der Waals surface area contributed by atoms with Crippen LogP contribution in [0.25, 0.3) is 0 Å². The molecule has 1 aromatic heterocycles. The normalized spacial score (nSPS) is 11.1. The van der Waals surface area contributed by atoms with Crippen molar-refractivity contribution in [3.63, 3.8) is 0 Å². The van der Waals surface area contributed by atoms with Gasteiger partial charge in [0.25, 0.3) is 0 Å². The summed E-state index contributed by atoms with van der Waals surface area (Å²) in [6.07, 6.45) is 2.11. The molecular formula is C14H28IN5. The van der Waals surface area contributed by atoms with Crippen LogP contribution in [0.3, 0.4) is 0 Å². The smallest absolute Gasteiger partial charge is 0.191 e. The summed E-state index contributed by atoms with van der Waals surface area (Å²) in [7, 11) is 0. The zero-order valence-electron chi connectivity index (χ0n) is 13.1. The van der Waals surface area contributed by atoms with Crippen LogP contribution in [-0.4, -0.2) is 35.4 Å². The molecule has 1 aromatic rings. The highest BCUT2D eigenvalue weighted by molar-refractivity contribution is 14.0. The molecule has 0 aliphatic heterocycles. The Kier molecular flexibility index (Phi) is 10.5. The van der Waals surface area contributed by atoms with Crippen LogP contribution < -0.4 is 10.6 Å². The summed E-state index contributed by atoms with van der Waals surface area (Å²) in [5.41, 5.74) is 2.31. The van der Waals surface area contributed by atoms with E-state index in [1.165, 1.54) is 5.69 Å². The van der Waals surface area contributed by atoms with E-state index < -0.39 is 0 Å². The van der Waals surface area contributed by atoms with Crippen LogP contribution in [0.15, 0.2) is 11.1 Å². The zero-order chi connectivity index (χ0) is 14.1. The number of aryl methyl sites for hydroxylation is 3. The predicted octanol–water partition coefficient (Wildman–Crippen LogP) is 2.47. The molecule has 0 amide bonds. The van der Waals surface area contributed by atoms with Crippen LogP contribution in [0.2, 0.25) is 0 Å². The van der Waals surface area contributed by atoms with Crippen molar-refractivity contribution in [1.29, 1.82) is 0 Å². The monoisotopic (exact) mass is 393 g/mol. The van der Waals surface area contributed by atoms with Crippen molar-refractivity contribution in [2.75, 3.05) is 19.6 Å². The number of rotatable bonds is 7. The van der Waals surface area contributed by atoms with Crippen LogP contribution in [0.1, 0.15) is 38.1 Å². The number of aliphatic imine (C=N–C) groups is 1. The first-order valence-electron chi connectivity index (χ1n) is 7.20. The molecule has 0 aromatic carbocycles. The number of aromatic nitrogens is 2. The van der Waals surface area contributed by atoms with Crippen LogP contribution in [0, 0.1) is 13.8 Å². The van der Waals surface area contributed by atoms with Gasteiger partial charge in [0.05, 0.1) is 5.69 Å². The van der Waals surface area contributed by atoms with E-state index in [9.17, 15) is 0 Å². The Morgan fingerprint density at radius 1 is 1.30 bits per heavy atom. The van der Waals surface area contributed by atoms with Gasteiger partial charge in [0.15, 0.2) is 5.96 Å². The second-order valence-corrected chi connectivity index (χ2v) is 4.69. The molecule has 0 aliphatic rings. The van der Waals surface area contributed by atoms with E-state index in [0.717, 1.165) is 50.7 Å². The summed E-state index contributed by atoms with van der Waals surface area (Å²) in [5.74, 6) is 0.915. The number of hydrogen-bond acceptors (Lipinski definition) is 2. The standard InChI is InChI=1S/C14H27N5.HI/c1-5-8-16-14(15-6-2)17-9-7-10-19-13(4)11-12(3)18-19;/h11H,5-10H2,1-4H3,(H2,15,16,17);1H. The second-order valence-electron chi connectivity index (χ2n) is 4.69. The molecule has 0 unspecified atom stereocenters. The average molecular weight is 393 g/mol. The number of nitrogens with one attached hydrogen (secondary N) is 2. The highest BCUT2D eigenvalue weighted by atomic mass is 127. The summed E-state index contributed by atoms with van der Waals surface area (Å²) in [4.78, 5) is 4.47. The van der Waals surface area contributed by atoms with Gasteiger partial charge in [0, 0.05) is 31.9 Å². The first kappa shape index (κ1) is 19.2. The van der Waals surface area contributed by atoms with Crippen LogP contribution in [0.4, 0.5) is 0 Å². The van der Waals surface area contributed by atoms with Crippen molar-refractivity contribution in [3.8, 4) is 0 Å². The van der Waals surface area contributed by atoms with E-state index in [4.69, 9.17) is 0 Å². The summed E-state index contributed by atoms with van der Waals surface area (Å²) in [6.45, 7) is 12.0. The third-order valence-corrected chi connectivity index (χ3v) is 2.78. The maximum atomic E-state index is 4.47. The van der Waals surface area contributed by atoms with Gasteiger partial charge in [-0.15, -0.1) is 24.0 Å². The van der Waals surface area contributed by atoms with Gasteiger partial charge in [0.1, 0.15) is 0 Å². The Balaban J connectivity index is 0.00000361. The number of halogens is 1. The van der Waals surface area contributed by atoms with Crippen LogP contribution >= 0.6 is 24.0 Å². The van der Waals surface area contributed by atoms with Crippen molar-refractivity contribution in [2.24, 2.45) is 4.99 Å². The maximum Gasteiger partial charge on any atom is 0.191 e. The SMILES string of the molecule is CCCN=C(NCC)NCCCn1nc(C)cc1C.I. The van der Waals surface area contributed by atoms with Crippen molar-refractivity contribution in [3.05, 3.63) is 17.5 Å². The molecule has 0 aliphatic carbocycles. The van der Waals surface area contributed by atoms with Gasteiger partial charge in [0.2, 0.25) is 0 Å². The summed E-state index contributed by atoms with van der Waals surface area (Å²) < 4.78 is 2.06. The molecule has 0 saturated heterocycles. The molecule has 0 atom stereocenters. The summed E-state index contributed by atoms with van der Waals surface area (Å²) in [5, 5.41) is 11.1. The Bertz CT molecular complexity index is 400. The highest BCUT2D eigenvalue weighted by Crippen LogP contribution is 2.02. The number of hydrogen-bond donors (Lipinski definition) is 2. The van der Waals surface area contributed by atoms with Gasteiger partial charge < -0.3 is 10.6 Å². The van der Waals surface area contributed by atoms with Crippen LogP contribution in [0.5, 0.6) is 0 Å². The summed E-state index contributed by atoms with van der Waals surface area (Å²) >= 11 is 0. The average Bonchev–Trinajstić information content (AvgIpc) is 2.70. The molecule has 6 heteroatoms. The van der Waals surface area contributed by atoms with Crippen LogP contribution in [-0.2, 0) is 6.54 Å².